The highest BCUT2D eigenvalue weighted by Crippen LogP contribution is 2.37. The van der Waals surface area contributed by atoms with Crippen LogP contribution in [0.5, 0.6) is 0 Å². The zero-order valence-electron chi connectivity index (χ0n) is 12.2. The minimum absolute atomic E-state index is 0.220. The minimum Gasteiger partial charge on any atom is -0.481 e. The molecule has 0 aromatic carbocycles. The lowest BCUT2D eigenvalue weighted by Gasteiger charge is -2.30. The molecule has 2 amide bonds. The third kappa shape index (κ3) is 3.85. The predicted octanol–water partition coefficient (Wildman–Crippen LogP) is 2.51. The van der Waals surface area contributed by atoms with E-state index >= 15 is 0 Å². The first-order valence-electron chi connectivity index (χ1n) is 7.17. The summed E-state index contributed by atoms with van der Waals surface area (Å²) in [5, 5.41) is 15.0. The minimum atomic E-state index is -0.793. The van der Waals surface area contributed by atoms with Gasteiger partial charge in [0.25, 0.3) is 0 Å². The third-order valence-corrected chi connectivity index (χ3v) is 4.58. The molecule has 1 aliphatic rings. The van der Waals surface area contributed by atoms with Crippen molar-refractivity contribution in [3.63, 3.8) is 0 Å². The number of carbonyl (C=O) groups is 2. The maximum atomic E-state index is 11.9. The summed E-state index contributed by atoms with van der Waals surface area (Å²) in [7, 11) is 0. The largest absolute Gasteiger partial charge is 0.481 e. The number of rotatable bonds is 6. The Hall–Kier alpha value is -1.26. The number of nitrogens with one attached hydrogen (secondary N) is 2. The van der Waals surface area contributed by atoms with Crippen molar-refractivity contribution in [2.45, 2.75) is 64.8 Å². The second-order valence-corrected chi connectivity index (χ2v) is 5.87. The van der Waals surface area contributed by atoms with Gasteiger partial charge in [0.2, 0.25) is 0 Å². The zero-order valence-corrected chi connectivity index (χ0v) is 12.2. The van der Waals surface area contributed by atoms with E-state index in [2.05, 4.69) is 10.6 Å². The second-order valence-electron chi connectivity index (χ2n) is 5.87. The molecule has 110 valence electrons. The molecule has 0 atom stereocenters. The van der Waals surface area contributed by atoms with E-state index < -0.39 is 11.4 Å². The van der Waals surface area contributed by atoms with E-state index in [0.29, 0.717) is 12.8 Å². The topological polar surface area (TPSA) is 78.4 Å². The molecule has 1 aliphatic carbocycles. The quantitative estimate of drug-likeness (QED) is 0.694. The Morgan fingerprint density at radius 3 is 2.16 bits per heavy atom. The Balaban J connectivity index is 2.51. The fourth-order valence-corrected chi connectivity index (χ4v) is 2.51. The molecule has 1 fully saturated rings. The summed E-state index contributed by atoms with van der Waals surface area (Å²) >= 11 is 0. The van der Waals surface area contributed by atoms with Gasteiger partial charge in [-0.25, -0.2) is 4.79 Å². The maximum absolute atomic E-state index is 11.9. The van der Waals surface area contributed by atoms with Crippen LogP contribution in [0.1, 0.15) is 59.3 Å². The van der Waals surface area contributed by atoms with Crippen LogP contribution in [0, 0.1) is 5.41 Å². The van der Waals surface area contributed by atoms with Gasteiger partial charge in [-0.15, -0.1) is 0 Å². The lowest BCUT2D eigenvalue weighted by molar-refractivity contribution is -0.148. The SMILES string of the molecule is CCC(C)(CC)NC(=O)NCC1(C(=O)O)CCCC1. The Kier molecular flexibility index (Phi) is 5.20. The van der Waals surface area contributed by atoms with E-state index in [1.165, 1.54) is 0 Å². The number of amides is 2. The number of hydrogen-bond acceptors (Lipinski definition) is 2. The molecule has 1 saturated carbocycles. The van der Waals surface area contributed by atoms with Crippen LogP contribution in [0.15, 0.2) is 0 Å². The molecule has 3 N–H and O–H groups in total. The van der Waals surface area contributed by atoms with Crippen LogP contribution in [-0.4, -0.2) is 29.2 Å². The molecular weight excluding hydrogens is 244 g/mol. The smallest absolute Gasteiger partial charge is 0.315 e. The fraction of sp³-hybridized carbons (Fsp3) is 0.857. The van der Waals surface area contributed by atoms with Gasteiger partial charge in [0.05, 0.1) is 5.41 Å². The molecule has 0 spiro atoms. The number of carboxylic acid groups (broad SMARTS) is 1. The normalized spacial score (nSPS) is 18.1. The molecular formula is C14H26N2O3. The average Bonchev–Trinajstić information content (AvgIpc) is 2.86. The van der Waals surface area contributed by atoms with E-state index in [1.807, 2.05) is 20.8 Å². The lowest BCUT2D eigenvalue weighted by Crippen LogP contribution is -2.52. The van der Waals surface area contributed by atoms with Gasteiger partial charge in [-0.1, -0.05) is 26.7 Å². The average molecular weight is 270 g/mol. The van der Waals surface area contributed by atoms with E-state index in [-0.39, 0.29) is 18.1 Å². The Morgan fingerprint density at radius 2 is 1.74 bits per heavy atom. The Labute approximate surface area is 115 Å². The summed E-state index contributed by atoms with van der Waals surface area (Å²) in [6, 6.07) is -0.265. The molecule has 0 bridgehead atoms. The predicted molar refractivity (Wildman–Crippen MR) is 74.1 cm³/mol. The van der Waals surface area contributed by atoms with Crippen LogP contribution < -0.4 is 10.6 Å². The van der Waals surface area contributed by atoms with Crippen LogP contribution in [0.2, 0.25) is 0 Å². The Bertz CT molecular complexity index is 332. The van der Waals surface area contributed by atoms with Gasteiger partial charge in [0.1, 0.15) is 0 Å². The van der Waals surface area contributed by atoms with Gasteiger partial charge in [0.15, 0.2) is 0 Å². The number of urea groups is 1. The van der Waals surface area contributed by atoms with Gasteiger partial charge in [-0.2, -0.15) is 0 Å². The first-order chi connectivity index (χ1) is 8.87. The van der Waals surface area contributed by atoms with Gasteiger partial charge < -0.3 is 15.7 Å². The first kappa shape index (κ1) is 15.8. The molecule has 0 saturated heterocycles. The van der Waals surface area contributed by atoms with Crippen molar-refractivity contribution in [1.29, 1.82) is 0 Å². The highest BCUT2D eigenvalue weighted by atomic mass is 16.4. The summed E-state index contributed by atoms with van der Waals surface area (Å²) in [6.07, 6.45) is 4.86. The van der Waals surface area contributed by atoms with Crippen molar-refractivity contribution in [1.82, 2.24) is 10.6 Å². The summed E-state index contributed by atoms with van der Waals surface area (Å²) in [6.45, 7) is 6.27. The molecule has 5 nitrogen and oxygen atoms in total. The van der Waals surface area contributed by atoms with E-state index in [1.54, 1.807) is 0 Å². The van der Waals surface area contributed by atoms with Crippen molar-refractivity contribution in [2.24, 2.45) is 5.41 Å². The van der Waals surface area contributed by atoms with Crippen LogP contribution in [0.3, 0.4) is 0 Å². The molecule has 0 aromatic rings. The molecule has 0 heterocycles. The van der Waals surface area contributed by atoms with Gasteiger partial charge in [-0.05, 0) is 32.6 Å². The van der Waals surface area contributed by atoms with Crippen LogP contribution in [0.25, 0.3) is 0 Å². The lowest BCUT2D eigenvalue weighted by atomic mass is 9.86. The second kappa shape index (κ2) is 6.26. The summed E-state index contributed by atoms with van der Waals surface area (Å²) in [4.78, 5) is 23.2. The van der Waals surface area contributed by atoms with Gasteiger partial charge in [0, 0.05) is 12.1 Å². The van der Waals surface area contributed by atoms with Crippen molar-refractivity contribution >= 4 is 12.0 Å². The van der Waals surface area contributed by atoms with Crippen LogP contribution >= 0.6 is 0 Å². The monoisotopic (exact) mass is 270 g/mol. The van der Waals surface area contributed by atoms with Crippen LogP contribution in [0.4, 0.5) is 4.79 Å². The summed E-state index contributed by atoms with van der Waals surface area (Å²) in [5.74, 6) is -0.793. The molecule has 1 rings (SSSR count). The highest BCUT2D eigenvalue weighted by Gasteiger charge is 2.41. The molecule has 0 aromatic heterocycles. The van der Waals surface area contributed by atoms with Crippen molar-refractivity contribution in [2.75, 3.05) is 6.54 Å². The maximum Gasteiger partial charge on any atom is 0.315 e. The molecule has 0 aliphatic heterocycles. The van der Waals surface area contributed by atoms with Gasteiger partial charge in [-0.3, -0.25) is 4.79 Å². The molecule has 19 heavy (non-hydrogen) atoms. The third-order valence-electron chi connectivity index (χ3n) is 4.58. The standard InChI is InChI=1S/C14H26N2O3/c1-4-13(3,5-2)16-12(19)15-10-14(11(17)18)8-6-7-9-14/h4-10H2,1-3H3,(H,17,18)(H2,15,16,19). The van der Waals surface area contributed by atoms with E-state index in [4.69, 9.17) is 0 Å². The Morgan fingerprint density at radius 1 is 1.21 bits per heavy atom. The van der Waals surface area contributed by atoms with E-state index in [0.717, 1.165) is 25.7 Å². The molecule has 0 unspecified atom stereocenters. The van der Waals surface area contributed by atoms with Crippen molar-refractivity contribution < 1.29 is 14.7 Å². The summed E-state index contributed by atoms with van der Waals surface area (Å²) in [5.41, 5.74) is -0.984. The first-order valence-corrected chi connectivity index (χ1v) is 7.17. The van der Waals surface area contributed by atoms with Crippen LogP contribution in [-0.2, 0) is 4.79 Å². The zero-order chi connectivity index (χ0) is 14.5. The van der Waals surface area contributed by atoms with Gasteiger partial charge >= 0.3 is 12.0 Å². The number of carboxylic acids is 1. The molecule has 0 radical (unpaired) electrons. The summed E-state index contributed by atoms with van der Waals surface area (Å²) < 4.78 is 0. The number of hydrogen-bond donors (Lipinski definition) is 3. The molecule has 5 heteroatoms. The fourth-order valence-electron chi connectivity index (χ4n) is 2.51. The van der Waals surface area contributed by atoms with Crippen molar-refractivity contribution in [3.05, 3.63) is 0 Å². The number of aliphatic carboxylic acids is 1. The number of carbonyl (C=O) groups excluding carboxylic acids is 1. The van der Waals surface area contributed by atoms with E-state index in [9.17, 15) is 14.7 Å². The highest BCUT2D eigenvalue weighted by molar-refractivity contribution is 5.78. The van der Waals surface area contributed by atoms with Crippen molar-refractivity contribution in [3.8, 4) is 0 Å².